The predicted octanol–water partition coefficient (Wildman–Crippen LogP) is 6.03. The molecule has 0 aliphatic rings. The zero-order valence-electron chi connectivity index (χ0n) is 17.0. The van der Waals surface area contributed by atoms with Gasteiger partial charge in [0.25, 0.3) is 5.91 Å². The Morgan fingerprint density at radius 2 is 2.10 bits per heavy atom. The van der Waals surface area contributed by atoms with Crippen molar-refractivity contribution < 1.29 is 9.32 Å². The van der Waals surface area contributed by atoms with Crippen LogP contribution in [0, 0.1) is 27.7 Å². The molecule has 30 heavy (non-hydrogen) atoms. The van der Waals surface area contributed by atoms with E-state index >= 15 is 0 Å². The highest BCUT2D eigenvalue weighted by atomic mass is 32.2. The number of aromatic nitrogens is 3. The number of pyridine rings is 1. The number of nitrogens with zero attached hydrogens (tertiary/aromatic N) is 3. The first-order valence-electron chi connectivity index (χ1n) is 9.26. The van der Waals surface area contributed by atoms with Gasteiger partial charge in [0.2, 0.25) is 0 Å². The van der Waals surface area contributed by atoms with E-state index in [0.29, 0.717) is 21.5 Å². The summed E-state index contributed by atoms with van der Waals surface area (Å²) in [5.74, 6) is 1.20. The van der Waals surface area contributed by atoms with Crippen LogP contribution in [0.2, 0.25) is 0 Å². The average molecular weight is 457 g/mol. The summed E-state index contributed by atoms with van der Waals surface area (Å²) in [5.41, 5.74) is 4.41. The Bertz CT molecular complexity index is 1190. The van der Waals surface area contributed by atoms with Crippen molar-refractivity contribution in [1.29, 1.82) is 0 Å². The monoisotopic (exact) mass is 456 g/mol. The van der Waals surface area contributed by atoms with Gasteiger partial charge in [0.1, 0.15) is 10.8 Å². The molecule has 0 bridgehead atoms. The number of aryl methyl sites for hydroxylation is 4. The molecule has 0 fully saturated rings. The van der Waals surface area contributed by atoms with Gasteiger partial charge in [0, 0.05) is 38.2 Å². The van der Waals surface area contributed by atoms with Gasteiger partial charge in [-0.3, -0.25) is 10.1 Å². The van der Waals surface area contributed by atoms with Crippen molar-refractivity contribution in [3.8, 4) is 11.3 Å². The van der Waals surface area contributed by atoms with E-state index in [1.165, 1.54) is 32.9 Å². The maximum atomic E-state index is 12.9. The number of hydrogen-bond donors (Lipinski definition) is 1. The van der Waals surface area contributed by atoms with Gasteiger partial charge in [0.15, 0.2) is 5.13 Å². The van der Waals surface area contributed by atoms with Gasteiger partial charge in [-0.15, -0.1) is 34.4 Å². The zero-order valence-corrected chi connectivity index (χ0v) is 19.4. The molecule has 4 aromatic heterocycles. The molecular formula is C21H20N4O2S3. The smallest absolute Gasteiger partial charge is 0.260 e. The lowest BCUT2D eigenvalue weighted by molar-refractivity contribution is 0.102. The van der Waals surface area contributed by atoms with E-state index in [-0.39, 0.29) is 5.91 Å². The van der Waals surface area contributed by atoms with Crippen molar-refractivity contribution in [3.63, 3.8) is 0 Å². The number of amides is 1. The summed E-state index contributed by atoms with van der Waals surface area (Å²) in [6, 6.07) is 5.67. The third-order valence-electron chi connectivity index (χ3n) is 4.59. The Morgan fingerprint density at radius 3 is 2.80 bits per heavy atom. The van der Waals surface area contributed by atoms with E-state index in [9.17, 15) is 4.79 Å². The van der Waals surface area contributed by atoms with E-state index in [1.807, 2.05) is 19.2 Å². The van der Waals surface area contributed by atoms with Crippen LogP contribution < -0.4 is 5.32 Å². The second-order valence-corrected chi connectivity index (χ2v) is 10.0. The number of thioether (sulfide) groups is 1. The highest BCUT2D eigenvalue weighted by Gasteiger charge is 2.17. The van der Waals surface area contributed by atoms with Crippen LogP contribution in [0.5, 0.6) is 0 Å². The number of carbonyl (C=O) groups excluding carboxylic acids is 1. The number of anilines is 1. The van der Waals surface area contributed by atoms with Crippen LogP contribution >= 0.6 is 34.4 Å². The zero-order chi connectivity index (χ0) is 21.3. The Balaban J connectivity index is 1.50. The standard InChI is InChI=1S/C21H20N4O2S3/c1-11-8-16(14(4)30-11)18-10-29-21(23-18)24-19(26)15-6-5-7-22-20(15)28-9-17-12(2)25-27-13(17)3/h5-8,10H,9H2,1-4H3,(H,23,24,26). The number of thiazole rings is 1. The van der Waals surface area contributed by atoms with Crippen molar-refractivity contribution in [2.45, 2.75) is 38.5 Å². The van der Waals surface area contributed by atoms with Gasteiger partial charge in [-0.1, -0.05) is 5.16 Å². The molecule has 6 nitrogen and oxygen atoms in total. The van der Waals surface area contributed by atoms with Gasteiger partial charge >= 0.3 is 0 Å². The molecule has 154 valence electrons. The van der Waals surface area contributed by atoms with Crippen LogP contribution in [-0.2, 0) is 5.75 Å². The van der Waals surface area contributed by atoms with Crippen molar-refractivity contribution in [2.24, 2.45) is 0 Å². The van der Waals surface area contributed by atoms with E-state index in [0.717, 1.165) is 28.3 Å². The van der Waals surface area contributed by atoms with Crippen molar-refractivity contribution in [3.05, 3.63) is 62.1 Å². The number of thiophene rings is 1. The molecule has 1 amide bonds. The van der Waals surface area contributed by atoms with Gasteiger partial charge < -0.3 is 4.52 Å². The molecule has 0 aromatic carbocycles. The lowest BCUT2D eigenvalue weighted by Crippen LogP contribution is -2.13. The van der Waals surface area contributed by atoms with Crippen LogP contribution in [-0.4, -0.2) is 21.0 Å². The summed E-state index contributed by atoms with van der Waals surface area (Å²) in [6.07, 6.45) is 1.69. The molecule has 0 unspecified atom stereocenters. The fourth-order valence-corrected chi connectivity index (χ4v) is 5.82. The van der Waals surface area contributed by atoms with Gasteiger partial charge in [-0.2, -0.15) is 0 Å². The molecule has 9 heteroatoms. The van der Waals surface area contributed by atoms with Crippen molar-refractivity contribution >= 4 is 45.5 Å². The molecule has 0 saturated carbocycles. The Kier molecular flexibility index (Phi) is 6.03. The minimum atomic E-state index is -0.219. The van der Waals surface area contributed by atoms with E-state index in [1.54, 1.807) is 29.7 Å². The second-order valence-electron chi connectivity index (χ2n) is 6.77. The molecule has 1 N–H and O–H groups in total. The first kappa shape index (κ1) is 20.8. The summed E-state index contributed by atoms with van der Waals surface area (Å²) in [4.78, 5) is 24.4. The van der Waals surface area contributed by atoms with Crippen molar-refractivity contribution in [1.82, 2.24) is 15.1 Å². The fraction of sp³-hybridized carbons (Fsp3) is 0.238. The normalized spacial score (nSPS) is 11.1. The summed E-state index contributed by atoms with van der Waals surface area (Å²) in [5, 5.41) is 10.1. The highest BCUT2D eigenvalue weighted by molar-refractivity contribution is 7.98. The molecule has 4 rings (SSSR count). The topological polar surface area (TPSA) is 80.9 Å². The molecule has 0 spiro atoms. The number of nitrogens with one attached hydrogen (secondary N) is 1. The number of carbonyl (C=O) groups is 1. The molecule has 0 aliphatic heterocycles. The molecular weight excluding hydrogens is 436 g/mol. The third-order valence-corrected chi connectivity index (χ3v) is 7.35. The summed E-state index contributed by atoms with van der Waals surface area (Å²) in [6.45, 7) is 7.97. The first-order chi connectivity index (χ1) is 14.4. The minimum absolute atomic E-state index is 0.219. The average Bonchev–Trinajstić information content (AvgIpc) is 3.40. The lowest BCUT2D eigenvalue weighted by atomic mass is 10.2. The van der Waals surface area contributed by atoms with E-state index < -0.39 is 0 Å². The van der Waals surface area contributed by atoms with Crippen LogP contribution in [0.3, 0.4) is 0 Å². The van der Waals surface area contributed by atoms with Gasteiger partial charge in [-0.25, -0.2) is 9.97 Å². The largest absolute Gasteiger partial charge is 0.361 e. The van der Waals surface area contributed by atoms with Crippen LogP contribution in [0.4, 0.5) is 5.13 Å². The second kappa shape index (κ2) is 8.71. The molecule has 0 aliphatic carbocycles. The summed E-state index contributed by atoms with van der Waals surface area (Å²) in [7, 11) is 0. The molecule has 0 atom stereocenters. The van der Waals surface area contributed by atoms with Crippen LogP contribution in [0.25, 0.3) is 11.3 Å². The Morgan fingerprint density at radius 1 is 1.27 bits per heavy atom. The first-order valence-corrected chi connectivity index (χ1v) is 11.9. The summed E-state index contributed by atoms with van der Waals surface area (Å²) < 4.78 is 5.22. The van der Waals surface area contributed by atoms with Crippen LogP contribution in [0.15, 0.2) is 39.3 Å². The minimum Gasteiger partial charge on any atom is -0.361 e. The maximum Gasteiger partial charge on any atom is 0.260 e. The van der Waals surface area contributed by atoms with Crippen LogP contribution in [0.1, 0.15) is 37.1 Å². The summed E-state index contributed by atoms with van der Waals surface area (Å²) >= 11 is 4.66. The third kappa shape index (κ3) is 4.33. The number of hydrogen-bond acceptors (Lipinski definition) is 8. The van der Waals surface area contributed by atoms with Gasteiger partial charge in [-0.05, 0) is 45.9 Å². The lowest BCUT2D eigenvalue weighted by Gasteiger charge is -2.07. The van der Waals surface area contributed by atoms with E-state index in [2.05, 4.69) is 40.4 Å². The maximum absolute atomic E-state index is 12.9. The molecule has 4 heterocycles. The van der Waals surface area contributed by atoms with E-state index in [4.69, 9.17) is 4.52 Å². The predicted molar refractivity (Wildman–Crippen MR) is 123 cm³/mol. The van der Waals surface area contributed by atoms with Gasteiger partial charge in [0.05, 0.1) is 17.0 Å². The molecule has 0 radical (unpaired) electrons. The quantitative estimate of drug-likeness (QED) is 0.357. The Labute approximate surface area is 186 Å². The Hall–Kier alpha value is -2.49. The highest BCUT2D eigenvalue weighted by Crippen LogP contribution is 2.33. The number of rotatable bonds is 6. The SMILES string of the molecule is Cc1cc(-c2csc(NC(=O)c3cccnc3SCc3c(C)noc3C)n2)c(C)s1. The van der Waals surface area contributed by atoms with Crippen molar-refractivity contribution in [2.75, 3.05) is 5.32 Å². The molecule has 0 saturated heterocycles. The molecule has 4 aromatic rings. The fourth-order valence-electron chi connectivity index (χ4n) is 3.03.